The summed E-state index contributed by atoms with van der Waals surface area (Å²) in [5.41, 5.74) is 12.0. The first-order valence-corrected chi connectivity index (χ1v) is 17.8. The van der Waals surface area contributed by atoms with Gasteiger partial charge in [0, 0.05) is 41.5 Å². The van der Waals surface area contributed by atoms with E-state index in [1.165, 1.54) is 63.3 Å². The van der Waals surface area contributed by atoms with E-state index in [4.69, 9.17) is 4.74 Å². The van der Waals surface area contributed by atoms with Gasteiger partial charge in [0.15, 0.2) is 0 Å². The predicted octanol–water partition coefficient (Wildman–Crippen LogP) is 11.5. The number of aryl methyl sites for hydroxylation is 2. The van der Waals surface area contributed by atoms with E-state index in [1.807, 2.05) is 32.0 Å². The van der Waals surface area contributed by atoms with Crippen LogP contribution in [-0.2, 0) is 10.8 Å². The van der Waals surface area contributed by atoms with Crippen molar-refractivity contribution in [2.24, 2.45) is 0 Å². The fraction of sp³-hybridized carbons (Fsp3) is 0.409. The highest BCUT2D eigenvalue weighted by molar-refractivity contribution is 5.71. The van der Waals surface area contributed by atoms with Crippen LogP contribution in [0, 0.1) is 13.8 Å². The molecule has 1 aliphatic carbocycles. The van der Waals surface area contributed by atoms with Gasteiger partial charge >= 0.3 is 0 Å². The summed E-state index contributed by atoms with van der Waals surface area (Å²) < 4.78 is 6.71. The number of unbranched alkanes of at least 4 members (excludes halogenated alkanes) is 1. The topological polar surface area (TPSA) is 15.7 Å². The number of nitrogens with zero attached hydrogens (tertiary/aromatic N) is 2. The van der Waals surface area contributed by atoms with Crippen molar-refractivity contribution < 1.29 is 4.74 Å². The molecule has 6 rings (SSSR count). The maximum atomic E-state index is 6.71. The van der Waals surface area contributed by atoms with Crippen LogP contribution in [0.25, 0.3) is 0 Å². The van der Waals surface area contributed by atoms with Gasteiger partial charge in [0.25, 0.3) is 0 Å². The van der Waals surface area contributed by atoms with E-state index >= 15 is 0 Å². The van der Waals surface area contributed by atoms with Crippen LogP contribution in [0.15, 0.2) is 114 Å². The summed E-state index contributed by atoms with van der Waals surface area (Å²) in [6.45, 7) is 21.2. The number of rotatable bonds is 8. The normalized spacial score (nSPS) is 21.0. The smallest absolute Gasteiger partial charge is 0.133 e. The largest absolute Gasteiger partial charge is 0.457 e. The van der Waals surface area contributed by atoms with Crippen LogP contribution < -0.4 is 14.5 Å². The number of likely N-dealkylation sites (N-methyl/N-ethyl adjacent to an activating group) is 1. The molecule has 0 spiro atoms. The van der Waals surface area contributed by atoms with Gasteiger partial charge in [-0.05, 0) is 85.7 Å². The van der Waals surface area contributed by atoms with Gasteiger partial charge in [-0.1, -0.05) is 127 Å². The number of benzene rings is 3. The highest BCUT2D eigenvalue weighted by Crippen LogP contribution is 2.48. The Labute approximate surface area is 285 Å². The number of allylic oxidation sites excluding steroid dienone is 6. The molecule has 0 bridgehead atoms. The van der Waals surface area contributed by atoms with Gasteiger partial charge in [-0.2, -0.15) is 0 Å². The highest BCUT2D eigenvalue weighted by Gasteiger charge is 2.43. The highest BCUT2D eigenvalue weighted by atomic mass is 16.5. The van der Waals surface area contributed by atoms with Crippen LogP contribution in [0.4, 0.5) is 11.4 Å². The Morgan fingerprint density at radius 2 is 1.49 bits per heavy atom. The van der Waals surface area contributed by atoms with Gasteiger partial charge in [-0.25, -0.2) is 0 Å². The minimum atomic E-state index is -0.0674. The van der Waals surface area contributed by atoms with Crippen molar-refractivity contribution in [1.82, 2.24) is 0 Å². The summed E-state index contributed by atoms with van der Waals surface area (Å²) in [5, 5.41) is 0. The van der Waals surface area contributed by atoms with Crippen LogP contribution in [0.3, 0.4) is 0 Å². The molecule has 3 aliphatic rings. The van der Waals surface area contributed by atoms with Crippen LogP contribution in [-0.4, -0.2) is 19.6 Å². The summed E-state index contributed by atoms with van der Waals surface area (Å²) in [6, 6.07) is 24.4. The second-order valence-corrected chi connectivity index (χ2v) is 14.3. The van der Waals surface area contributed by atoms with Crippen molar-refractivity contribution >= 4 is 11.4 Å². The maximum absolute atomic E-state index is 6.71. The van der Waals surface area contributed by atoms with Crippen LogP contribution in [0.1, 0.15) is 96.4 Å². The molecule has 3 nitrogen and oxygen atoms in total. The molecule has 3 heteroatoms. The summed E-state index contributed by atoms with van der Waals surface area (Å²) in [7, 11) is 2.19. The molecule has 3 aromatic rings. The molecular formula is C44H56N2O. The maximum Gasteiger partial charge on any atom is 0.133 e. The van der Waals surface area contributed by atoms with Gasteiger partial charge < -0.3 is 14.5 Å². The SMILES string of the molecule is CC.CCCCN1c2ccc(C)cc2C(C)(C)C1/C=C/C1=C(Oc2ccccc2)C(=C/C=C2/N(C)c3ccc(C)cc3C2(C)C)/CC1. The number of hydrogen-bond donors (Lipinski definition) is 0. The zero-order valence-electron chi connectivity index (χ0n) is 30.6. The van der Waals surface area contributed by atoms with Gasteiger partial charge in [-0.15, -0.1) is 0 Å². The van der Waals surface area contributed by atoms with E-state index in [1.54, 1.807) is 0 Å². The number of hydrogen-bond acceptors (Lipinski definition) is 3. The molecule has 2 heterocycles. The third kappa shape index (κ3) is 6.59. The second-order valence-electron chi connectivity index (χ2n) is 14.3. The number of anilines is 2. The van der Waals surface area contributed by atoms with E-state index in [0.717, 1.165) is 30.9 Å². The van der Waals surface area contributed by atoms with Gasteiger partial charge in [0.05, 0.1) is 6.04 Å². The minimum Gasteiger partial charge on any atom is -0.457 e. The van der Waals surface area contributed by atoms with E-state index in [9.17, 15) is 0 Å². The molecule has 1 atom stereocenters. The molecular weight excluding hydrogens is 572 g/mol. The first-order chi connectivity index (χ1) is 22.5. The van der Waals surface area contributed by atoms with Crippen LogP contribution >= 0.6 is 0 Å². The molecule has 0 saturated heterocycles. The van der Waals surface area contributed by atoms with Crippen molar-refractivity contribution in [1.29, 1.82) is 0 Å². The average molecular weight is 629 g/mol. The lowest BCUT2D eigenvalue weighted by Crippen LogP contribution is -2.40. The lowest BCUT2D eigenvalue weighted by Gasteiger charge is -2.32. The molecule has 3 aromatic carbocycles. The first kappa shape index (κ1) is 34.4. The Balaban J connectivity index is 0.00000213. The number of para-hydroxylation sites is 1. The molecule has 1 unspecified atom stereocenters. The van der Waals surface area contributed by atoms with E-state index in [2.05, 4.69) is 138 Å². The molecule has 0 fully saturated rings. The van der Waals surface area contributed by atoms with E-state index in [0.29, 0.717) is 0 Å². The van der Waals surface area contributed by atoms with Crippen molar-refractivity contribution in [3.05, 3.63) is 136 Å². The fourth-order valence-electron chi connectivity index (χ4n) is 7.64. The summed E-state index contributed by atoms with van der Waals surface area (Å²) in [5.74, 6) is 1.89. The lowest BCUT2D eigenvalue weighted by molar-refractivity contribution is 0.435. The van der Waals surface area contributed by atoms with Crippen molar-refractivity contribution in [2.45, 2.75) is 105 Å². The Kier molecular flexibility index (Phi) is 10.2. The van der Waals surface area contributed by atoms with E-state index < -0.39 is 0 Å². The zero-order chi connectivity index (χ0) is 33.9. The molecule has 0 amide bonds. The van der Waals surface area contributed by atoms with Crippen LogP contribution in [0.2, 0.25) is 0 Å². The van der Waals surface area contributed by atoms with E-state index in [-0.39, 0.29) is 16.9 Å². The van der Waals surface area contributed by atoms with Crippen molar-refractivity contribution in [3.63, 3.8) is 0 Å². The predicted molar refractivity (Wildman–Crippen MR) is 203 cm³/mol. The number of ether oxygens (including phenoxy) is 1. The lowest BCUT2D eigenvalue weighted by atomic mass is 9.79. The van der Waals surface area contributed by atoms with Crippen molar-refractivity contribution in [3.8, 4) is 5.75 Å². The molecule has 0 radical (unpaired) electrons. The molecule has 248 valence electrons. The Bertz CT molecular complexity index is 1700. The fourth-order valence-corrected chi connectivity index (χ4v) is 7.64. The average Bonchev–Trinajstić information content (AvgIpc) is 3.59. The monoisotopic (exact) mass is 628 g/mol. The summed E-state index contributed by atoms with van der Waals surface area (Å²) >= 11 is 0. The Hall–Kier alpha value is -3.98. The van der Waals surface area contributed by atoms with Gasteiger partial charge in [-0.3, -0.25) is 0 Å². The molecule has 47 heavy (non-hydrogen) atoms. The number of fused-ring (bicyclic) bond motifs is 2. The minimum absolute atomic E-state index is 0.0142. The quantitative estimate of drug-likeness (QED) is 0.247. The third-order valence-electron chi connectivity index (χ3n) is 10.3. The van der Waals surface area contributed by atoms with Crippen molar-refractivity contribution in [2.75, 3.05) is 23.4 Å². The molecule has 2 aliphatic heterocycles. The Morgan fingerprint density at radius 3 is 2.17 bits per heavy atom. The zero-order valence-corrected chi connectivity index (χ0v) is 30.6. The molecule has 0 saturated carbocycles. The molecule has 0 N–H and O–H groups in total. The first-order valence-electron chi connectivity index (χ1n) is 17.8. The summed E-state index contributed by atoms with van der Waals surface area (Å²) in [4.78, 5) is 5.00. The third-order valence-corrected chi connectivity index (χ3v) is 10.3. The molecule has 0 aromatic heterocycles. The van der Waals surface area contributed by atoms with Gasteiger partial charge in [0.2, 0.25) is 0 Å². The van der Waals surface area contributed by atoms with Crippen LogP contribution in [0.5, 0.6) is 5.75 Å². The second kappa shape index (κ2) is 14.0. The van der Waals surface area contributed by atoms with Gasteiger partial charge in [0.1, 0.15) is 11.5 Å². The Morgan fingerprint density at radius 1 is 0.830 bits per heavy atom. The summed E-state index contributed by atoms with van der Waals surface area (Å²) in [6.07, 6.45) is 13.8. The standard InChI is InChI=1S/C42H50N2O.C2H6/c1-9-10-26-44-37-23-17-30(3)28-35(37)42(6,7)39(44)25-21-32-19-18-31(40(32)45-33-14-12-11-13-15-33)20-24-38-41(4,5)34-27-29(2)16-22-36(34)43(38)8;1-2/h11-17,20-25,27-28,39H,9-10,18-19,26H2,1-8H3;1-2H3/b25-21+,31-20+,38-24+;.